The second-order valence-electron chi connectivity index (χ2n) is 5.00. The fourth-order valence-electron chi connectivity index (χ4n) is 2.23. The molecule has 0 amide bonds. The SMILES string of the molecule is C=CCC(C)(c1ccccc1)[N+]([O-])=Cc1ccccc1. The molecule has 0 spiro atoms. The van der Waals surface area contributed by atoms with E-state index in [-0.39, 0.29) is 0 Å². The predicted octanol–water partition coefficient (Wildman–Crippen LogP) is 4.11. The van der Waals surface area contributed by atoms with Crippen LogP contribution in [-0.2, 0) is 5.54 Å². The minimum absolute atomic E-state index is 0.587. The zero-order valence-corrected chi connectivity index (χ0v) is 11.7. The van der Waals surface area contributed by atoms with Crippen molar-refractivity contribution in [3.05, 3.63) is 89.7 Å². The summed E-state index contributed by atoms with van der Waals surface area (Å²) < 4.78 is 1.03. The first kappa shape index (κ1) is 14.1. The molecule has 0 bridgehead atoms. The van der Waals surface area contributed by atoms with E-state index in [0.29, 0.717) is 6.42 Å². The Kier molecular flexibility index (Phi) is 4.36. The van der Waals surface area contributed by atoms with E-state index in [2.05, 4.69) is 6.58 Å². The third-order valence-corrected chi connectivity index (χ3v) is 3.49. The quantitative estimate of drug-likeness (QED) is 0.263. The Bertz CT molecular complexity index is 589. The smallest absolute Gasteiger partial charge is 0.198 e. The van der Waals surface area contributed by atoms with E-state index < -0.39 is 5.54 Å². The summed E-state index contributed by atoms with van der Waals surface area (Å²) in [6, 6.07) is 19.4. The molecule has 1 atom stereocenters. The average Bonchev–Trinajstić information content (AvgIpc) is 2.49. The number of benzene rings is 2. The molecule has 2 aromatic carbocycles. The van der Waals surface area contributed by atoms with Crippen molar-refractivity contribution < 1.29 is 4.74 Å². The molecule has 0 fully saturated rings. The highest BCUT2D eigenvalue weighted by Crippen LogP contribution is 2.28. The van der Waals surface area contributed by atoms with Gasteiger partial charge in [0.05, 0.1) is 0 Å². The largest absolute Gasteiger partial charge is 0.623 e. The number of hydroxylamine groups is 1. The second-order valence-corrected chi connectivity index (χ2v) is 5.00. The van der Waals surface area contributed by atoms with Crippen molar-refractivity contribution >= 4 is 6.21 Å². The molecular formula is C18H19NO. The molecule has 0 N–H and O–H groups in total. The van der Waals surface area contributed by atoms with E-state index in [9.17, 15) is 5.21 Å². The zero-order chi connectivity index (χ0) is 14.4. The lowest BCUT2D eigenvalue weighted by atomic mass is 9.89. The lowest BCUT2D eigenvalue weighted by Gasteiger charge is -2.27. The van der Waals surface area contributed by atoms with Gasteiger partial charge in [-0.15, -0.1) is 6.58 Å². The fraction of sp³-hybridized carbons (Fsp3) is 0.167. The van der Waals surface area contributed by atoms with Crippen molar-refractivity contribution in [1.82, 2.24) is 0 Å². The van der Waals surface area contributed by atoms with Gasteiger partial charge in [0.25, 0.3) is 0 Å². The molecule has 0 radical (unpaired) electrons. The molecule has 2 aromatic rings. The Balaban J connectivity index is 2.43. The van der Waals surface area contributed by atoms with Crippen LogP contribution in [0, 0.1) is 5.21 Å². The van der Waals surface area contributed by atoms with Crippen molar-refractivity contribution in [2.45, 2.75) is 18.9 Å². The third kappa shape index (κ3) is 2.97. The fourth-order valence-corrected chi connectivity index (χ4v) is 2.23. The molecule has 0 saturated carbocycles. The highest BCUT2D eigenvalue weighted by molar-refractivity contribution is 5.75. The van der Waals surface area contributed by atoms with Gasteiger partial charge in [0, 0.05) is 24.5 Å². The normalized spacial score (nSPS) is 14.6. The van der Waals surface area contributed by atoms with Crippen LogP contribution in [0.5, 0.6) is 0 Å². The number of rotatable bonds is 5. The van der Waals surface area contributed by atoms with Crippen LogP contribution in [0.2, 0.25) is 0 Å². The second kappa shape index (κ2) is 6.20. The Hall–Kier alpha value is -2.35. The molecule has 1 unspecified atom stereocenters. The van der Waals surface area contributed by atoms with Crippen LogP contribution in [0.4, 0.5) is 0 Å². The van der Waals surface area contributed by atoms with E-state index >= 15 is 0 Å². The van der Waals surface area contributed by atoms with E-state index in [1.807, 2.05) is 67.6 Å². The van der Waals surface area contributed by atoms with E-state index in [0.717, 1.165) is 15.9 Å². The standard InChI is InChI=1S/C18H19NO/c1-3-14-18(2,17-12-8-5-9-13-17)19(20)15-16-10-6-4-7-11-16/h3-13,15H,1,14H2,2H3. The van der Waals surface area contributed by atoms with Gasteiger partial charge in [0.1, 0.15) is 0 Å². The minimum Gasteiger partial charge on any atom is -0.623 e. The average molecular weight is 265 g/mol. The summed E-state index contributed by atoms with van der Waals surface area (Å²) in [5.41, 5.74) is 1.24. The third-order valence-electron chi connectivity index (χ3n) is 3.49. The van der Waals surface area contributed by atoms with Crippen LogP contribution >= 0.6 is 0 Å². The molecule has 2 nitrogen and oxygen atoms in total. The van der Waals surface area contributed by atoms with Crippen molar-refractivity contribution in [3.8, 4) is 0 Å². The molecule has 0 heterocycles. The summed E-state index contributed by atoms with van der Waals surface area (Å²) in [5.74, 6) is 0. The van der Waals surface area contributed by atoms with Crippen LogP contribution in [0.3, 0.4) is 0 Å². The van der Waals surface area contributed by atoms with Crippen LogP contribution in [0.25, 0.3) is 0 Å². The van der Waals surface area contributed by atoms with Crippen LogP contribution in [0.15, 0.2) is 73.3 Å². The van der Waals surface area contributed by atoms with Crippen molar-refractivity contribution in [2.75, 3.05) is 0 Å². The Morgan fingerprint density at radius 2 is 1.60 bits per heavy atom. The number of nitrogens with zero attached hydrogens (tertiary/aromatic N) is 1. The van der Waals surface area contributed by atoms with Crippen molar-refractivity contribution in [2.24, 2.45) is 0 Å². The van der Waals surface area contributed by atoms with Gasteiger partial charge in [-0.1, -0.05) is 54.6 Å². The Morgan fingerprint density at radius 1 is 1.05 bits per heavy atom. The Morgan fingerprint density at radius 3 is 2.15 bits per heavy atom. The predicted molar refractivity (Wildman–Crippen MR) is 83.8 cm³/mol. The molecule has 2 heteroatoms. The van der Waals surface area contributed by atoms with Gasteiger partial charge in [-0.25, -0.2) is 4.74 Å². The lowest BCUT2D eigenvalue weighted by molar-refractivity contribution is -0.549. The summed E-state index contributed by atoms with van der Waals surface area (Å²) in [7, 11) is 0. The van der Waals surface area contributed by atoms with Gasteiger partial charge < -0.3 is 5.21 Å². The monoisotopic (exact) mass is 265 g/mol. The molecular weight excluding hydrogens is 246 g/mol. The summed E-state index contributed by atoms with van der Waals surface area (Å²) in [5, 5.41) is 12.6. The molecule has 0 aromatic heterocycles. The maximum Gasteiger partial charge on any atom is 0.198 e. The first-order valence-electron chi connectivity index (χ1n) is 6.69. The summed E-state index contributed by atoms with van der Waals surface area (Å²) in [4.78, 5) is 0. The van der Waals surface area contributed by atoms with Gasteiger partial charge in [0.15, 0.2) is 11.8 Å². The highest BCUT2D eigenvalue weighted by Gasteiger charge is 2.33. The van der Waals surface area contributed by atoms with Gasteiger partial charge in [-0.2, -0.15) is 0 Å². The molecule has 2 rings (SSSR count). The van der Waals surface area contributed by atoms with E-state index in [1.54, 1.807) is 12.3 Å². The van der Waals surface area contributed by atoms with E-state index in [1.165, 1.54) is 0 Å². The minimum atomic E-state index is -0.640. The van der Waals surface area contributed by atoms with Gasteiger partial charge in [0.2, 0.25) is 0 Å². The molecule has 0 aliphatic carbocycles. The molecule has 20 heavy (non-hydrogen) atoms. The molecule has 102 valence electrons. The summed E-state index contributed by atoms with van der Waals surface area (Å²) in [6.07, 6.45) is 4.01. The van der Waals surface area contributed by atoms with E-state index in [4.69, 9.17) is 0 Å². The van der Waals surface area contributed by atoms with Gasteiger partial charge >= 0.3 is 0 Å². The van der Waals surface area contributed by atoms with Gasteiger partial charge in [-0.05, 0) is 12.1 Å². The maximum absolute atomic E-state index is 12.6. The maximum atomic E-state index is 12.6. The summed E-state index contributed by atoms with van der Waals surface area (Å²) >= 11 is 0. The molecule has 0 aliphatic rings. The topological polar surface area (TPSA) is 26.1 Å². The number of hydrogen-bond donors (Lipinski definition) is 0. The summed E-state index contributed by atoms with van der Waals surface area (Å²) in [6.45, 7) is 5.72. The molecule has 0 saturated heterocycles. The van der Waals surface area contributed by atoms with Crippen molar-refractivity contribution in [3.63, 3.8) is 0 Å². The first-order valence-corrected chi connectivity index (χ1v) is 6.69. The van der Waals surface area contributed by atoms with Crippen LogP contribution in [0.1, 0.15) is 24.5 Å². The highest BCUT2D eigenvalue weighted by atomic mass is 16.5. The number of hydrogen-bond acceptors (Lipinski definition) is 1. The van der Waals surface area contributed by atoms with Crippen molar-refractivity contribution in [1.29, 1.82) is 0 Å². The van der Waals surface area contributed by atoms with Gasteiger partial charge in [-0.3, -0.25) is 0 Å². The van der Waals surface area contributed by atoms with Crippen LogP contribution < -0.4 is 0 Å². The van der Waals surface area contributed by atoms with Crippen LogP contribution in [-0.4, -0.2) is 11.0 Å². The first-order chi connectivity index (χ1) is 9.66. The lowest BCUT2D eigenvalue weighted by Crippen LogP contribution is -2.33. The Labute approximate surface area is 120 Å². The zero-order valence-electron chi connectivity index (χ0n) is 11.7. The molecule has 0 aliphatic heterocycles.